The van der Waals surface area contributed by atoms with Crippen LogP contribution in [0.25, 0.3) is 0 Å². The summed E-state index contributed by atoms with van der Waals surface area (Å²) in [5.41, 5.74) is 2.00. The maximum atomic E-state index is 12.4. The van der Waals surface area contributed by atoms with E-state index in [0.717, 1.165) is 35.9 Å². The van der Waals surface area contributed by atoms with Gasteiger partial charge in [0.05, 0.1) is 29.0 Å². The van der Waals surface area contributed by atoms with E-state index in [4.69, 9.17) is 4.74 Å². The first kappa shape index (κ1) is 21.7. The summed E-state index contributed by atoms with van der Waals surface area (Å²) >= 11 is 1.33. The highest BCUT2D eigenvalue weighted by Crippen LogP contribution is 2.29. The van der Waals surface area contributed by atoms with E-state index >= 15 is 0 Å². The van der Waals surface area contributed by atoms with Crippen LogP contribution < -0.4 is 10.1 Å². The number of nitro groups is 1. The van der Waals surface area contributed by atoms with Crippen molar-refractivity contribution in [1.82, 2.24) is 9.55 Å². The standard InChI is InChI=1S/C19H26N4O4S/c1-5-7-10-22-14(4)13(3)20-19(22)28-12-18(24)21-16-9-8-15(27-6-2)11-17(16)23(25)26/h8-9,11H,5-7,10,12H2,1-4H3,(H,21,24). The molecule has 0 saturated heterocycles. The van der Waals surface area contributed by atoms with Crippen molar-refractivity contribution in [2.45, 2.75) is 52.2 Å². The summed E-state index contributed by atoms with van der Waals surface area (Å²) in [6.45, 7) is 9.16. The summed E-state index contributed by atoms with van der Waals surface area (Å²) in [7, 11) is 0. The molecule has 0 spiro atoms. The first-order chi connectivity index (χ1) is 13.4. The summed E-state index contributed by atoms with van der Waals surface area (Å²) in [4.78, 5) is 27.7. The Hall–Kier alpha value is -2.55. The van der Waals surface area contributed by atoms with Gasteiger partial charge in [0.25, 0.3) is 5.69 Å². The number of carbonyl (C=O) groups is 1. The Kier molecular flexibility index (Phi) is 7.86. The zero-order chi connectivity index (χ0) is 20.7. The smallest absolute Gasteiger partial charge is 0.296 e. The summed E-state index contributed by atoms with van der Waals surface area (Å²) in [6, 6.07) is 4.40. The van der Waals surface area contributed by atoms with E-state index in [2.05, 4.69) is 21.8 Å². The highest BCUT2D eigenvalue weighted by Gasteiger charge is 2.18. The summed E-state index contributed by atoms with van der Waals surface area (Å²) in [6.07, 6.45) is 2.11. The first-order valence-electron chi connectivity index (χ1n) is 9.24. The molecule has 0 aliphatic carbocycles. The second-order valence-electron chi connectivity index (χ2n) is 6.28. The summed E-state index contributed by atoms with van der Waals surface area (Å²) in [5.74, 6) is 0.190. The number of rotatable bonds is 10. The van der Waals surface area contributed by atoms with Crippen molar-refractivity contribution in [1.29, 1.82) is 0 Å². The molecule has 0 aliphatic rings. The van der Waals surface area contributed by atoms with Gasteiger partial charge in [-0.25, -0.2) is 4.98 Å². The number of benzene rings is 1. The van der Waals surface area contributed by atoms with Crippen molar-refractivity contribution in [3.05, 3.63) is 39.7 Å². The van der Waals surface area contributed by atoms with E-state index in [1.54, 1.807) is 13.0 Å². The number of carbonyl (C=O) groups excluding carboxylic acids is 1. The number of nitrogens with zero attached hydrogens (tertiary/aromatic N) is 3. The fourth-order valence-electron chi connectivity index (χ4n) is 2.65. The van der Waals surface area contributed by atoms with Crippen LogP contribution in [0.15, 0.2) is 23.4 Å². The Balaban J connectivity index is 2.07. The second-order valence-corrected chi connectivity index (χ2v) is 7.22. The Labute approximate surface area is 168 Å². The third-order valence-electron chi connectivity index (χ3n) is 4.24. The largest absolute Gasteiger partial charge is 0.494 e. The van der Waals surface area contributed by atoms with E-state index in [0.29, 0.717) is 12.4 Å². The molecule has 0 atom stereocenters. The molecule has 0 bridgehead atoms. The van der Waals surface area contributed by atoms with Crippen molar-refractivity contribution >= 4 is 29.0 Å². The Morgan fingerprint density at radius 1 is 1.36 bits per heavy atom. The van der Waals surface area contributed by atoms with E-state index in [1.165, 1.54) is 23.9 Å². The molecule has 1 aromatic heterocycles. The van der Waals surface area contributed by atoms with Gasteiger partial charge in [-0.15, -0.1) is 0 Å². The number of hydrogen-bond acceptors (Lipinski definition) is 6. The number of nitrogens with one attached hydrogen (secondary N) is 1. The zero-order valence-corrected chi connectivity index (χ0v) is 17.5. The number of amides is 1. The van der Waals surface area contributed by atoms with Gasteiger partial charge in [-0.3, -0.25) is 14.9 Å². The highest BCUT2D eigenvalue weighted by molar-refractivity contribution is 7.99. The third kappa shape index (κ3) is 5.48. The lowest BCUT2D eigenvalue weighted by Crippen LogP contribution is -2.16. The average molecular weight is 407 g/mol. The van der Waals surface area contributed by atoms with Crippen molar-refractivity contribution in [2.24, 2.45) is 0 Å². The van der Waals surface area contributed by atoms with Crippen LogP contribution in [0.5, 0.6) is 5.75 Å². The number of aryl methyl sites for hydroxylation is 1. The van der Waals surface area contributed by atoms with Crippen LogP contribution in [-0.4, -0.2) is 32.7 Å². The average Bonchev–Trinajstić information content (AvgIpc) is 2.93. The van der Waals surface area contributed by atoms with Crippen LogP contribution in [0.4, 0.5) is 11.4 Å². The third-order valence-corrected chi connectivity index (χ3v) is 5.22. The molecule has 0 radical (unpaired) electrons. The van der Waals surface area contributed by atoms with Gasteiger partial charge in [0.15, 0.2) is 5.16 Å². The molecule has 1 N–H and O–H groups in total. The quantitative estimate of drug-likeness (QED) is 0.358. The SMILES string of the molecule is CCCCn1c(SCC(=O)Nc2ccc(OCC)cc2[N+](=O)[O-])nc(C)c1C. The minimum Gasteiger partial charge on any atom is -0.494 e. The van der Waals surface area contributed by atoms with Crippen molar-refractivity contribution < 1.29 is 14.5 Å². The number of ether oxygens (including phenoxy) is 1. The lowest BCUT2D eigenvalue weighted by Gasteiger charge is -2.10. The minimum atomic E-state index is -0.532. The van der Waals surface area contributed by atoms with Gasteiger partial charge in [-0.2, -0.15) is 0 Å². The molecule has 8 nitrogen and oxygen atoms in total. The van der Waals surface area contributed by atoms with Crippen LogP contribution in [0, 0.1) is 24.0 Å². The fourth-order valence-corrected chi connectivity index (χ4v) is 3.57. The van der Waals surface area contributed by atoms with Gasteiger partial charge >= 0.3 is 0 Å². The van der Waals surface area contributed by atoms with Crippen LogP contribution in [-0.2, 0) is 11.3 Å². The van der Waals surface area contributed by atoms with E-state index < -0.39 is 4.92 Å². The number of hydrogen-bond donors (Lipinski definition) is 1. The first-order valence-corrected chi connectivity index (χ1v) is 10.2. The molecule has 1 aromatic carbocycles. The predicted octanol–water partition coefficient (Wildman–Crippen LogP) is 4.34. The van der Waals surface area contributed by atoms with E-state index in [9.17, 15) is 14.9 Å². The second kappa shape index (κ2) is 10.1. The molecule has 28 heavy (non-hydrogen) atoms. The van der Waals surface area contributed by atoms with Gasteiger partial charge in [-0.05, 0) is 39.3 Å². The molecule has 1 amide bonds. The molecule has 2 aromatic rings. The molecule has 2 rings (SSSR count). The van der Waals surface area contributed by atoms with Gasteiger partial charge in [0.2, 0.25) is 5.91 Å². The summed E-state index contributed by atoms with van der Waals surface area (Å²) < 4.78 is 7.41. The Morgan fingerprint density at radius 2 is 2.11 bits per heavy atom. The van der Waals surface area contributed by atoms with Crippen molar-refractivity contribution in [3.8, 4) is 5.75 Å². The van der Waals surface area contributed by atoms with E-state index in [-0.39, 0.29) is 23.0 Å². The molecular formula is C19H26N4O4S. The lowest BCUT2D eigenvalue weighted by atomic mass is 10.2. The number of aromatic nitrogens is 2. The zero-order valence-electron chi connectivity index (χ0n) is 16.7. The Bertz CT molecular complexity index is 851. The van der Waals surface area contributed by atoms with Crippen LogP contribution in [0.3, 0.4) is 0 Å². The van der Waals surface area contributed by atoms with Crippen molar-refractivity contribution in [2.75, 3.05) is 17.7 Å². The number of thioether (sulfide) groups is 1. The molecule has 0 saturated carbocycles. The topological polar surface area (TPSA) is 99.3 Å². The maximum Gasteiger partial charge on any atom is 0.296 e. The fraction of sp³-hybridized carbons (Fsp3) is 0.474. The van der Waals surface area contributed by atoms with Gasteiger partial charge in [0.1, 0.15) is 11.4 Å². The van der Waals surface area contributed by atoms with Crippen LogP contribution in [0.2, 0.25) is 0 Å². The number of nitro benzene ring substituents is 1. The molecule has 0 fully saturated rings. The van der Waals surface area contributed by atoms with Gasteiger partial charge < -0.3 is 14.6 Å². The predicted molar refractivity (Wildman–Crippen MR) is 110 cm³/mol. The molecule has 1 heterocycles. The van der Waals surface area contributed by atoms with E-state index in [1.807, 2.05) is 13.8 Å². The number of anilines is 1. The van der Waals surface area contributed by atoms with Crippen LogP contribution >= 0.6 is 11.8 Å². The molecular weight excluding hydrogens is 380 g/mol. The monoisotopic (exact) mass is 406 g/mol. The number of imidazole rings is 1. The summed E-state index contributed by atoms with van der Waals surface area (Å²) in [5, 5.41) is 14.7. The van der Waals surface area contributed by atoms with Crippen LogP contribution in [0.1, 0.15) is 38.1 Å². The minimum absolute atomic E-state index is 0.117. The molecule has 0 unspecified atom stereocenters. The normalized spacial score (nSPS) is 10.7. The molecule has 0 aliphatic heterocycles. The maximum absolute atomic E-state index is 12.4. The lowest BCUT2D eigenvalue weighted by molar-refractivity contribution is -0.384. The molecule has 152 valence electrons. The van der Waals surface area contributed by atoms with Gasteiger partial charge in [-0.1, -0.05) is 25.1 Å². The van der Waals surface area contributed by atoms with Gasteiger partial charge in [0, 0.05) is 12.2 Å². The Morgan fingerprint density at radius 3 is 2.75 bits per heavy atom. The highest BCUT2D eigenvalue weighted by atomic mass is 32.2. The number of unbranched alkanes of at least 4 members (excludes halogenated alkanes) is 1. The van der Waals surface area contributed by atoms with Crippen molar-refractivity contribution in [3.63, 3.8) is 0 Å². The molecule has 9 heteroatoms.